The molecule has 3 N–H and O–H groups in total. The molecule has 1 aliphatic heterocycles. The third-order valence-corrected chi connectivity index (χ3v) is 5.99. The SMILES string of the molecule is COC(=O)c1ccc(C(=O)Nc2sc3c(c2C(N)=O)CCN(C(C)C)C3)cc1. The van der Waals surface area contributed by atoms with Crippen LogP contribution < -0.4 is 11.1 Å². The van der Waals surface area contributed by atoms with Crippen LogP contribution in [-0.4, -0.2) is 42.4 Å². The third kappa shape index (κ3) is 3.93. The van der Waals surface area contributed by atoms with Gasteiger partial charge in [0.2, 0.25) is 0 Å². The molecule has 0 fully saturated rings. The van der Waals surface area contributed by atoms with Gasteiger partial charge in [-0.25, -0.2) is 4.79 Å². The highest BCUT2D eigenvalue weighted by Crippen LogP contribution is 2.37. The molecule has 1 aromatic heterocycles. The van der Waals surface area contributed by atoms with Crippen LogP contribution in [0.5, 0.6) is 0 Å². The summed E-state index contributed by atoms with van der Waals surface area (Å²) in [6.45, 7) is 5.86. The van der Waals surface area contributed by atoms with Crippen LogP contribution in [0.2, 0.25) is 0 Å². The Balaban J connectivity index is 1.85. The van der Waals surface area contributed by atoms with E-state index in [1.807, 2.05) is 0 Å². The number of hydrogen-bond acceptors (Lipinski definition) is 6. The van der Waals surface area contributed by atoms with E-state index in [4.69, 9.17) is 5.73 Å². The van der Waals surface area contributed by atoms with Crippen molar-refractivity contribution >= 4 is 34.1 Å². The predicted molar refractivity (Wildman–Crippen MR) is 108 cm³/mol. The summed E-state index contributed by atoms with van der Waals surface area (Å²) in [4.78, 5) is 39.6. The average Bonchev–Trinajstić information content (AvgIpc) is 3.04. The van der Waals surface area contributed by atoms with Gasteiger partial charge < -0.3 is 15.8 Å². The summed E-state index contributed by atoms with van der Waals surface area (Å²) in [6, 6.07) is 6.53. The van der Waals surface area contributed by atoms with Gasteiger partial charge >= 0.3 is 5.97 Å². The molecule has 1 aliphatic rings. The van der Waals surface area contributed by atoms with Gasteiger partial charge in [-0.2, -0.15) is 0 Å². The lowest BCUT2D eigenvalue weighted by molar-refractivity contribution is 0.0600. The van der Waals surface area contributed by atoms with Crippen molar-refractivity contribution in [1.29, 1.82) is 0 Å². The van der Waals surface area contributed by atoms with Crippen molar-refractivity contribution in [2.45, 2.75) is 32.9 Å². The number of rotatable bonds is 5. The number of thiophene rings is 1. The first-order valence-corrected chi connectivity index (χ1v) is 9.81. The van der Waals surface area contributed by atoms with Crippen LogP contribution in [0.25, 0.3) is 0 Å². The maximum atomic E-state index is 12.6. The van der Waals surface area contributed by atoms with Crippen LogP contribution in [0.4, 0.5) is 5.00 Å². The van der Waals surface area contributed by atoms with E-state index in [-0.39, 0.29) is 5.91 Å². The summed E-state index contributed by atoms with van der Waals surface area (Å²) < 4.78 is 4.65. The van der Waals surface area contributed by atoms with Crippen molar-refractivity contribution in [3.05, 3.63) is 51.4 Å². The minimum atomic E-state index is -0.535. The van der Waals surface area contributed by atoms with Gasteiger partial charge in [-0.15, -0.1) is 11.3 Å². The topological polar surface area (TPSA) is 102 Å². The normalized spacial score (nSPS) is 13.9. The summed E-state index contributed by atoms with van der Waals surface area (Å²) in [6.07, 6.45) is 0.728. The van der Waals surface area contributed by atoms with E-state index < -0.39 is 11.9 Å². The fourth-order valence-electron chi connectivity index (χ4n) is 3.26. The van der Waals surface area contributed by atoms with E-state index in [0.717, 1.165) is 30.0 Å². The van der Waals surface area contributed by atoms with E-state index in [9.17, 15) is 14.4 Å². The average molecular weight is 401 g/mol. The molecule has 148 valence electrons. The molecule has 0 bridgehead atoms. The maximum absolute atomic E-state index is 12.6. The molecular weight excluding hydrogens is 378 g/mol. The number of nitrogens with zero attached hydrogens (tertiary/aromatic N) is 1. The number of nitrogens with one attached hydrogen (secondary N) is 1. The molecule has 3 rings (SSSR count). The van der Waals surface area contributed by atoms with Gasteiger partial charge in [0.15, 0.2) is 0 Å². The Labute approximate surface area is 167 Å². The number of fused-ring (bicyclic) bond motifs is 1. The zero-order chi connectivity index (χ0) is 20.4. The monoisotopic (exact) mass is 401 g/mol. The Kier molecular flexibility index (Phi) is 5.81. The number of anilines is 1. The van der Waals surface area contributed by atoms with Crippen LogP contribution in [0, 0.1) is 0 Å². The van der Waals surface area contributed by atoms with Gasteiger partial charge in [0.1, 0.15) is 5.00 Å². The second-order valence-electron chi connectivity index (χ2n) is 6.91. The lowest BCUT2D eigenvalue weighted by atomic mass is 10.0. The highest BCUT2D eigenvalue weighted by Gasteiger charge is 2.28. The third-order valence-electron chi connectivity index (χ3n) is 4.86. The van der Waals surface area contributed by atoms with Crippen molar-refractivity contribution < 1.29 is 19.1 Å². The van der Waals surface area contributed by atoms with Crippen molar-refractivity contribution in [2.24, 2.45) is 5.73 Å². The molecule has 8 heteroatoms. The van der Waals surface area contributed by atoms with E-state index in [2.05, 4.69) is 28.8 Å². The quantitative estimate of drug-likeness (QED) is 0.750. The molecule has 2 amide bonds. The molecule has 7 nitrogen and oxygen atoms in total. The number of nitrogens with two attached hydrogens (primary N) is 1. The smallest absolute Gasteiger partial charge is 0.337 e. The zero-order valence-corrected chi connectivity index (χ0v) is 16.9. The fraction of sp³-hybridized carbons (Fsp3) is 0.350. The Hall–Kier alpha value is -2.71. The Morgan fingerprint density at radius 3 is 2.39 bits per heavy atom. The second kappa shape index (κ2) is 8.12. The molecule has 0 atom stereocenters. The van der Waals surface area contributed by atoms with Crippen molar-refractivity contribution in [1.82, 2.24) is 4.90 Å². The highest BCUT2D eigenvalue weighted by molar-refractivity contribution is 7.17. The molecule has 28 heavy (non-hydrogen) atoms. The summed E-state index contributed by atoms with van der Waals surface area (Å²) in [5.41, 5.74) is 7.69. The van der Waals surface area contributed by atoms with Gasteiger partial charge in [0.25, 0.3) is 11.8 Å². The molecular formula is C20H23N3O4S. The number of amides is 2. The summed E-state index contributed by atoms with van der Waals surface area (Å²) >= 11 is 1.40. The number of benzene rings is 1. The van der Waals surface area contributed by atoms with Gasteiger partial charge in [0.05, 0.1) is 18.2 Å². The van der Waals surface area contributed by atoms with Crippen molar-refractivity contribution in [3.8, 4) is 0 Å². The minimum absolute atomic E-state index is 0.359. The summed E-state index contributed by atoms with van der Waals surface area (Å²) in [5, 5.41) is 3.29. The standard InChI is InChI=1S/C20H23N3O4S/c1-11(2)23-9-8-14-15(10-23)28-19(16(14)17(21)24)22-18(25)12-4-6-13(7-5-12)20(26)27-3/h4-7,11H,8-10H2,1-3H3,(H2,21,24)(H,22,25). The molecule has 0 radical (unpaired) electrons. The van der Waals surface area contributed by atoms with Crippen LogP contribution in [0.15, 0.2) is 24.3 Å². The number of hydrogen-bond donors (Lipinski definition) is 2. The fourth-order valence-corrected chi connectivity index (χ4v) is 4.54. The first-order chi connectivity index (χ1) is 13.3. The number of ether oxygens (including phenoxy) is 1. The van der Waals surface area contributed by atoms with Crippen LogP contribution in [0.1, 0.15) is 55.4 Å². The number of esters is 1. The van der Waals surface area contributed by atoms with Crippen molar-refractivity contribution in [3.63, 3.8) is 0 Å². The lowest BCUT2D eigenvalue weighted by Gasteiger charge is -2.30. The van der Waals surface area contributed by atoms with Crippen molar-refractivity contribution in [2.75, 3.05) is 19.0 Å². The van der Waals surface area contributed by atoms with E-state index in [0.29, 0.717) is 27.7 Å². The lowest BCUT2D eigenvalue weighted by Crippen LogP contribution is -2.35. The largest absolute Gasteiger partial charge is 0.465 e. The van der Waals surface area contributed by atoms with Gasteiger partial charge in [-0.3, -0.25) is 14.5 Å². The Morgan fingerprint density at radius 2 is 1.82 bits per heavy atom. The molecule has 0 saturated heterocycles. The van der Waals surface area contributed by atoms with Crippen LogP contribution in [0.3, 0.4) is 0 Å². The first kappa shape index (κ1) is 20.0. The first-order valence-electron chi connectivity index (χ1n) is 9.00. The predicted octanol–water partition coefficient (Wildman–Crippen LogP) is 2.65. The highest BCUT2D eigenvalue weighted by atomic mass is 32.1. The molecule has 0 spiro atoms. The Morgan fingerprint density at radius 1 is 1.18 bits per heavy atom. The molecule has 0 unspecified atom stereocenters. The number of methoxy groups -OCH3 is 1. The summed E-state index contributed by atoms with van der Waals surface area (Å²) in [7, 11) is 1.30. The van der Waals surface area contributed by atoms with Crippen LogP contribution in [-0.2, 0) is 17.7 Å². The summed E-state index contributed by atoms with van der Waals surface area (Å²) in [5.74, 6) is -1.37. The molecule has 1 aromatic carbocycles. The maximum Gasteiger partial charge on any atom is 0.337 e. The molecule has 0 saturated carbocycles. The Bertz CT molecular complexity index is 918. The van der Waals surface area contributed by atoms with E-state index in [1.54, 1.807) is 12.1 Å². The van der Waals surface area contributed by atoms with Crippen LogP contribution >= 0.6 is 11.3 Å². The molecule has 2 heterocycles. The van der Waals surface area contributed by atoms with E-state index in [1.165, 1.54) is 30.6 Å². The van der Waals surface area contributed by atoms with Gasteiger partial charge in [-0.05, 0) is 50.1 Å². The van der Waals surface area contributed by atoms with Gasteiger partial charge in [-0.1, -0.05) is 0 Å². The number of primary amides is 1. The van der Waals surface area contributed by atoms with E-state index >= 15 is 0 Å². The minimum Gasteiger partial charge on any atom is -0.465 e. The molecule has 2 aromatic rings. The molecule has 0 aliphatic carbocycles. The van der Waals surface area contributed by atoms with Gasteiger partial charge in [0, 0.05) is 29.6 Å². The zero-order valence-electron chi connectivity index (χ0n) is 16.1. The number of carbonyl (C=O) groups is 3. The number of carbonyl (C=O) groups excluding carboxylic acids is 3. The second-order valence-corrected chi connectivity index (χ2v) is 8.01.